The number of ether oxygens (including phenoxy) is 1. The minimum atomic E-state index is -0.205. The summed E-state index contributed by atoms with van der Waals surface area (Å²) < 4.78 is 5.00. The summed E-state index contributed by atoms with van der Waals surface area (Å²) in [5.41, 5.74) is 1.03. The van der Waals surface area contributed by atoms with E-state index < -0.39 is 0 Å². The summed E-state index contributed by atoms with van der Waals surface area (Å²) in [7, 11) is 0. The third kappa shape index (κ3) is 4.76. The van der Waals surface area contributed by atoms with Crippen LogP contribution in [0.3, 0.4) is 0 Å². The molecule has 1 amide bonds. The molecular formula is C14H20Cl2N2O2. The van der Waals surface area contributed by atoms with Gasteiger partial charge in [0.25, 0.3) is 0 Å². The SMILES string of the molecule is CCOC(=O)N1CCC(Nc2cccc(Cl)c2)CC1.Cl. The van der Waals surface area contributed by atoms with Crippen LogP contribution in [-0.2, 0) is 4.74 Å². The van der Waals surface area contributed by atoms with Crippen molar-refractivity contribution in [2.75, 3.05) is 25.0 Å². The monoisotopic (exact) mass is 318 g/mol. The second-order valence-corrected chi connectivity index (χ2v) is 5.05. The Morgan fingerprint density at radius 2 is 2.15 bits per heavy atom. The van der Waals surface area contributed by atoms with Crippen LogP contribution in [0.2, 0.25) is 5.02 Å². The van der Waals surface area contributed by atoms with E-state index in [0.29, 0.717) is 12.6 Å². The van der Waals surface area contributed by atoms with E-state index in [0.717, 1.165) is 36.6 Å². The maximum atomic E-state index is 11.6. The van der Waals surface area contributed by atoms with Crippen molar-refractivity contribution in [2.45, 2.75) is 25.8 Å². The van der Waals surface area contributed by atoms with Crippen LogP contribution < -0.4 is 5.32 Å². The van der Waals surface area contributed by atoms with Gasteiger partial charge in [0.15, 0.2) is 0 Å². The maximum Gasteiger partial charge on any atom is 0.409 e. The highest BCUT2D eigenvalue weighted by atomic mass is 35.5. The molecule has 6 heteroatoms. The third-order valence-corrected chi connectivity index (χ3v) is 3.45. The highest BCUT2D eigenvalue weighted by Crippen LogP contribution is 2.20. The Balaban J connectivity index is 0.00000200. The Morgan fingerprint density at radius 1 is 1.45 bits per heavy atom. The molecule has 1 aliphatic heterocycles. The van der Waals surface area contributed by atoms with E-state index in [1.165, 1.54) is 0 Å². The summed E-state index contributed by atoms with van der Waals surface area (Å²) in [6.45, 7) is 3.72. The summed E-state index contributed by atoms with van der Waals surface area (Å²) in [6, 6.07) is 8.08. The predicted molar refractivity (Wildman–Crippen MR) is 83.9 cm³/mol. The molecule has 112 valence electrons. The molecule has 1 aromatic carbocycles. The van der Waals surface area contributed by atoms with Gasteiger partial charge < -0.3 is 15.0 Å². The Labute approximate surface area is 130 Å². The van der Waals surface area contributed by atoms with Crippen molar-refractivity contribution in [3.8, 4) is 0 Å². The number of nitrogens with zero attached hydrogens (tertiary/aromatic N) is 1. The van der Waals surface area contributed by atoms with Crippen molar-refractivity contribution >= 4 is 35.8 Å². The summed E-state index contributed by atoms with van der Waals surface area (Å²) in [4.78, 5) is 13.3. The van der Waals surface area contributed by atoms with Gasteiger partial charge in [-0.1, -0.05) is 17.7 Å². The Bertz CT molecular complexity index is 435. The summed E-state index contributed by atoms with van der Waals surface area (Å²) in [5, 5.41) is 4.18. The molecule has 4 nitrogen and oxygen atoms in total. The van der Waals surface area contributed by atoms with Crippen molar-refractivity contribution < 1.29 is 9.53 Å². The Hall–Kier alpha value is -1.13. The first-order valence-corrected chi connectivity index (χ1v) is 7.00. The van der Waals surface area contributed by atoms with Gasteiger partial charge in [0.05, 0.1) is 6.61 Å². The zero-order chi connectivity index (χ0) is 13.7. The molecule has 0 aliphatic carbocycles. The topological polar surface area (TPSA) is 41.6 Å². The first-order valence-electron chi connectivity index (χ1n) is 6.63. The van der Waals surface area contributed by atoms with Crippen molar-refractivity contribution in [1.29, 1.82) is 0 Å². The molecule has 1 saturated heterocycles. The fourth-order valence-electron chi connectivity index (χ4n) is 2.24. The van der Waals surface area contributed by atoms with Crippen LogP contribution in [0.5, 0.6) is 0 Å². The van der Waals surface area contributed by atoms with Gasteiger partial charge in [0, 0.05) is 29.8 Å². The molecular weight excluding hydrogens is 299 g/mol. The number of likely N-dealkylation sites (tertiary alicyclic amines) is 1. The molecule has 0 aromatic heterocycles. The molecule has 20 heavy (non-hydrogen) atoms. The fourth-order valence-corrected chi connectivity index (χ4v) is 2.43. The number of anilines is 1. The molecule has 0 spiro atoms. The van der Waals surface area contributed by atoms with E-state index in [-0.39, 0.29) is 18.5 Å². The van der Waals surface area contributed by atoms with Gasteiger partial charge >= 0.3 is 6.09 Å². The maximum absolute atomic E-state index is 11.6. The molecule has 0 radical (unpaired) electrons. The number of halogens is 2. The second-order valence-electron chi connectivity index (χ2n) is 4.61. The molecule has 1 aliphatic rings. The van der Waals surface area contributed by atoms with Crippen LogP contribution >= 0.6 is 24.0 Å². The molecule has 1 N–H and O–H groups in total. The first kappa shape index (κ1) is 16.9. The largest absolute Gasteiger partial charge is 0.450 e. The van der Waals surface area contributed by atoms with Crippen molar-refractivity contribution in [3.05, 3.63) is 29.3 Å². The molecule has 1 heterocycles. The lowest BCUT2D eigenvalue weighted by atomic mass is 10.1. The van der Waals surface area contributed by atoms with Crippen LogP contribution in [0.1, 0.15) is 19.8 Å². The van der Waals surface area contributed by atoms with E-state index in [4.69, 9.17) is 16.3 Å². The van der Waals surface area contributed by atoms with Crippen molar-refractivity contribution in [3.63, 3.8) is 0 Å². The first-order chi connectivity index (χ1) is 9.19. The quantitative estimate of drug-likeness (QED) is 0.921. The van der Waals surface area contributed by atoms with Crippen LogP contribution in [0, 0.1) is 0 Å². The summed E-state index contributed by atoms with van der Waals surface area (Å²) in [6.07, 6.45) is 1.64. The summed E-state index contributed by atoms with van der Waals surface area (Å²) >= 11 is 5.95. The molecule has 1 aromatic rings. The normalized spacial score (nSPS) is 15.4. The number of carbonyl (C=O) groups excluding carboxylic acids is 1. The number of hydrogen-bond donors (Lipinski definition) is 1. The Kier molecular flexibility index (Phi) is 6.96. The van der Waals surface area contributed by atoms with Gasteiger partial charge in [0.1, 0.15) is 0 Å². The van der Waals surface area contributed by atoms with E-state index in [1.54, 1.807) is 4.90 Å². The zero-order valence-corrected chi connectivity index (χ0v) is 13.0. The number of amides is 1. The Morgan fingerprint density at radius 3 is 2.75 bits per heavy atom. The van der Waals surface area contributed by atoms with Gasteiger partial charge in [-0.15, -0.1) is 12.4 Å². The van der Waals surface area contributed by atoms with Gasteiger partial charge in [-0.2, -0.15) is 0 Å². The number of carbonyl (C=O) groups is 1. The van der Waals surface area contributed by atoms with Crippen LogP contribution in [-0.4, -0.2) is 36.7 Å². The van der Waals surface area contributed by atoms with E-state index in [9.17, 15) is 4.79 Å². The minimum absolute atomic E-state index is 0. The van der Waals surface area contributed by atoms with Gasteiger partial charge in [-0.3, -0.25) is 0 Å². The average Bonchev–Trinajstić information content (AvgIpc) is 2.40. The molecule has 0 atom stereocenters. The van der Waals surface area contributed by atoms with Crippen LogP contribution in [0.4, 0.5) is 10.5 Å². The van der Waals surface area contributed by atoms with E-state index in [1.807, 2.05) is 31.2 Å². The number of hydrogen-bond acceptors (Lipinski definition) is 3. The average molecular weight is 319 g/mol. The molecule has 1 fully saturated rings. The fraction of sp³-hybridized carbons (Fsp3) is 0.500. The predicted octanol–water partition coefficient (Wildman–Crippen LogP) is 3.79. The number of rotatable bonds is 3. The molecule has 0 bridgehead atoms. The van der Waals surface area contributed by atoms with Gasteiger partial charge in [0.2, 0.25) is 0 Å². The standard InChI is InChI=1S/C14H19ClN2O2.ClH/c1-2-19-14(18)17-8-6-12(7-9-17)16-13-5-3-4-11(15)10-13;/h3-5,10,12,16H,2,6-9H2,1H3;1H. The smallest absolute Gasteiger partial charge is 0.409 e. The second kappa shape index (κ2) is 8.22. The van der Waals surface area contributed by atoms with E-state index >= 15 is 0 Å². The van der Waals surface area contributed by atoms with Crippen LogP contribution in [0.15, 0.2) is 24.3 Å². The molecule has 0 unspecified atom stereocenters. The minimum Gasteiger partial charge on any atom is -0.450 e. The third-order valence-electron chi connectivity index (χ3n) is 3.22. The lowest BCUT2D eigenvalue weighted by molar-refractivity contribution is 0.0983. The van der Waals surface area contributed by atoms with Crippen molar-refractivity contribution in [2.24, 2.45) is 0 Å². The van der Waals surface area contributed by atoms with Crippen molar-refractivity contribution in [1.82, 2.24) is 4.90 Å². The number of nitrogens with one attached hydrogen (secondary N) is 1. The zero-order valence-electron chi connectivity index (χ0n) is 11.5. The number of piperidine rings is 1. The lowest BCUT2D eigenvalue weighted by Gasteiger charge is -2.32. The van der Waals surface area contributed by atoms with E-state index in [2.05, 4.69) is 5.32 Å². The highest BCUT2D eigenvalue weighted by Gasteiger charge is 2.23. The summed E-state index contributed by atoms with van der Waals surface area (Å²) in [5.74, 6) is 0. The van der Waals surface area contributed by atoms with Gasteiger partial charge in [-0.25, -0.2) is 4.79 Å². The van der Waals surface area contributed by atoms with Gasteiger partial charge in [-0.05, 0) is 38.0 Å². The molecule has 0 saturated carbocycles. The molecule has 2 rings (SSSR count). The lowest BCUT2D eigenvalue weighted by Crippen LogP contribution is -2.42. The highest BCUT2D eigenvalue weighted by molar-refractivity contribution is 6.30. The number of benzene rings is 1. The van der Waals surface area contributed by atoms with Crippen LogP contribution in [0.25, 0.3) is 0 Å².